The molecular weight excluding hydrogens is 348 g/mol. The third-order valence-electron chi connectivity index (χ3n) is 4.57. The maximum Gasteiger partial charge on any atom is 0.222 e. The van der Waals surface area contributed by atoms with Gasteiger partial charge in [0.25, 0.3) is 0 Å². The lowest BCUT2D eigenvalue weighted by Gasteiger charge is -2.26. The van der Waals surface area contributed by atoms with E-state index >= 15 is 0 Å². The molecule has 1 aliphatic rings. The van der Waals surface area contributed by atoms with Crippen molar-refractivity contribution in [2.45, 2.75) is 32.4 Å². The molecule has 0 fully saturated rings. The number of carbonyl (C=O) groups is 1. The molecule has 0 aliphatic carbocycles. The van der Waals surface area contributed by atoms with E-state index in [0.717, 1.165) is 29.2 Å². The number of aryl methyl sites for hydroxylation is 1. The van der Waals surface area contributed by atoms with Gasteiger partial charge in [-0.1, -0.05) is 0 Å². The molecule has 0 saturated heterocycles. The number of amides is 1. The summed E-state index contributed by atoms with van der Waals surface area (Å²) in [6.45, 7) is 1.87. The number of ether oxygens (including phenoxy) is 1. The van der Waals surface area contributed by atoms with Crippen molar-refractivity contribution in [1.82, 2.24) is 40.1 Å². The molecular formula is C17H20N8O2. The topological polar surface area (TPSA) is 115 Å². The highest BCUT2D eigenvalue weighted by Gasteiger charge is 2.23. The average molecular weight is 368 g/mol. The quantitative estimate of drug-likeness (QED) is 0.685. The van der Waals surface area contributed by atoms with Gasteiger partial charge in [-0.05, 0) is 22.9 Å². The van der Waals surface area contributed by atoms with Crippen LogP contribution in [0, 0.1) is 0 Å². The van der Waals surface area contributed by atoms with Gasteiger partial charge in [0.15, 0.2) is 0 Å². The number of nitrogens with one attached hydrogen (secondary N) is 1. The summed E-state index contributed by atoms with van der Waals surface area (Å²) < 4.78 is 6.71. The molecule has 1 aliphatic heterocycles. The van der Waals surface area contributed by atoms with Crippen LogP contribution in [0.25, 0.3) is 11.4 Å². The molecule has 27 heavy (non-hydrogen) atoms. The van der Waals surface area contributed by atoms with Gasteiger partial charge in [-0.2, -0.15) is 0 Å². The number of tetrazole rings is 1. The van der Waals surface area contributed by atoms with E-state index in [2.05, 4.69) is 30.5 Å². The molecule has 4 heterocycles. The van der Waals surface area contributed by atoms with Crippen molar-refractivity contribution >= 4 is 5.91 Å². The normalized spacial score (nSPS) is 13.4. The summed E-state index contributed by atoms with van der Waals surface area (Å²) in [6, 6.07) is 3.72. The standard InChI is InChI=1S/C17H20N8O2/c1-27-15-5-4-12(9-18-15)17-20-13-6-8-24(10-14(13)21-17)16(26)3-2-7-25-11-19-22-23-25/h4-5,9,11H,2-3,6-8,10H2,1H3,(H,20,21). The largest absolute Gasteiger partial charge is 0.481 e. The molecule has 10 nitrogen and oxygen atoms in total. The van der Waals surface area contributed by atoms with Crippen molar-refractivity contribution in [3.05, 3.63) is 36.0 Å². The molecule has 0 atom stereocenters. The fraction of sp³-hybridized carbons (Fsp3) is 0.412. The van der Waals surface area contributed by atoms with E-state index in [1.165, 1.54) is 0 Å². The first-order valence-electron chi connectivity index (χ1n) is 8.79. The Morgan fingerprint density at radius 1 is 1.37 bits per heavy atom. The Morgan fingerprint density at radius 3 is 3.04 bits per heavy atom. The third kappa shape index (κ3) is 3.78. The zero-order chi connectivity index (χ0) is 18.6. The number of rotatable bonds is 6. The number of fused-ring (bicyclic) bond motifs is 1. The number of methoxy groups -OCH3 is 1. The lowest BCUT2D eigenvalue weighted by atomic mass is 10.1. The van der Waals surface area contributed by atoms with E-state index in [-0.39, 0.29) is 5.91 Å². The predicted molar refractivity (Wildman–Crippen MR) is 94.5 cm³/mol. The molecule has 1 N–H and O–H groups in total. The van der Waals surface area contributed by atoms with Crippen molar-refractivity contribution in [1.29, 1.82) is 0 Å². The van der Waals surface area contributed by atoms with E-state index in [1.807, 2.05) is 11.0 Å². The molecule has 0 aromatic carbocycles. The number of nitrogens with zero attached hydrogens (tertiary/aromatic N) is 7. The maximum absolute atomic E-state index is 12.5. The van der Waals surface area contributed by atoms with Crippen LogP contribution in [-0.4, -0.2) is 59.6 Å². The van der Waals surface area contributed by atoms with Gasteiger partial charge in [0, 0.05) is 43.8 Å². The Balaban J connectivity index is 1.37. The minimum Gasteiger partial charge on any atom is -0.481 e. The Hall–Kier alpha value is -3.30. The maximum atomic E-state index is 12.5. The highest BCUT2D eigenvalue weighted by atomic mass is 16.5. The molecule has 1 amide bonds. The van der Waals surface area contributed by atoms with Crippen molar-refractivity contribution in [2.24, 2.45) is 0 Å². The molecule has 0 saturated carbocycles. The summed E-state index contributed by atoms with van der Waals surface area (Å²) in [4.78, 5) is 26.6. The monoisotopic (exact) mass is 368 g/mol. The molecule has 4 rings (SSSR count). The Kier molecular flexibility index (Phi) is 4.77. The van der Waals surface area contributed by atoms with Crippen molar-refractivity contribution in [3.8, 4) is 17.3 Å². The lowest BCUT2D eigenvalue weighted by molar-refractivity contribution is -0.132. The summed E-state index contributed by atoms with van der Waals surface area (Å²) >= 11 is 0. The molecule has 0 unspecified atom stereocenters. The predicted octanol–water partition coefficient (Wildman–Crippen LogP) is 0.832. The average Bonchev–Trinajstić information content (AvgIpc) is 3.37. The molecule has 3 aromatic heterocycles. The zero-order valence-electron chi connectivity index (χ0n) is 15.0. The third-order valence-corrected chi connectivity index (χ3v) is 4.57. The number of carbonyl (C=O) groups excluding carboxylic acids is 1. The summed E-state index contributed by atoms with van der Waals surface area (Å²) in [6.07, 6.45) is 5.20. The van der Waals surface area contributed by atoms with E-state index in [9.17, 15) is 4.79 Å². The molecule has 3 aromatic rings. The van der Waals surface area contributed by atoms with Gasteiger partial charge in [0.05, 0.1) is 25.0 Å². The highest BCUT2D eigenvalue weighted by Crippen LogP contribution is 2.23. The minimum atomic E-state index is 0.135. The van der Waals surface area contributed by atoms with E-state index in [1.54, 1.807) is 30.4 Å². The summed E-state index contributed by atoms with van der Waals surface area (Å²) in [7, 11) is 1.59. The first-order chi connectivity index (χ1) is 13.2. The number of imidazole rings is 1. The summed E-state index contributed by atoms with van der Waals surface area (Å²) in [5.41, 5.74) is 2.89. The Morgan fingerprint density at radius 2 is 2.30 bits per heavy atom. The fourth-order valence-electron chi connectivity index (χ4n) is 3.12. The SMILES string of the molecule is COc1ccc(-c2nc3c([nH]2)CN(C(=O)CCCn2cnnn2)CC3)cn1. The van der Waals surface area contributed by atoms with Gasteiger partial charge in [0.1, 0.15) is 12.2 Å². The second kappa shape index (κ2) is 7.52. The molecule has 10 heteroatoms. The molecule has 0 spiro atoms. The van der Waals surface area contributed by atoms with Crippen LogP contribution in [0.3, 0.4) is 0 Å². The van der Waals surface area contributed by atoms with Gasteiger partial charge in [-0.25, -0.2) is 14.6 Å². The van der Waals surface area contributed by atoms with Crippen molar-refractivity contribution in [2.75, 3.05) is 13.7 Å². The van der Waals surface area contributed by atoms with Crippen LogP contribution in [0.1, 0.15) is 24.2 Å². The summed E-state index contributed by atoms with van der Waals surface area (Å²) in [5, 5.41) is 11.0. The highest BCUT2D eigenvalue weighted by molar-refractivity contribution is 5.76. The van der Waals surface area contributed by atoms with Crippen LogP contribution < -0.4 is 4.74 Å². The second-order valence-corrected chi connectivity index (χ2v) is 6.34. The van der Waals surface area contributed by atoms with E-state index in [4.69, 9.17) is 4.74 Å². The van der Waals surface area contributed by atoms with Crippen LogP contribution in [0.2, 0.25) is 0 Å². The van der Waals surface area contributed by atoms with Gasteiger partial charge in [-0.15, -0.1) is 5.10 Å². The lowest BCUT2D eigenvalue weighted by Crippen LogP contribution is -2.36. The van der Waals surface area contributed by atoms with Gasteiger partial charge in [-0.3, -0.25) is 4.79 Å². The second-order valence-electron chi connectivity index (χ2n) is 6.34. The van der Waals surface area contributed by atoms with Crippen LogP contribution in [-0.2, 0) is 24.3 Å². The number of pyridine rings is 1. The smallest absolute Gasteiger partial charge is 0.222 e. The van der Waals surface area contributed by atoms with Crippen molar-refractivity contribution in [3.63, 3.8) is 0 Å². The number of aromatic nitrogens is 7. The number of aromatic amines is 1. The van der Waals surface area contributed by atoms with Crippen molar-refractivity contribution < 1.29 is 9.53 Å². The van der Waals surface area contributed by atoms with E-state index < -0.39 is 0 Å². The molecule has 140 valence electrons. The van der Waals surface area contributed by atoms with Crippen LogP contribution in [0.15, 0.2) is 24.7 Å². The van der Waals surface area contributed by atoms with Crippen LogP contribution in [0.5, 0.6) is 5.88 Å². The first kappa shape index (κ1) is 17.1. The Bertz CT molecular complexity index is 904. The van der Waals surface area contributed by atoms with Gasteiger partial charge >= 0.3 is 0 Å². The minimum absolute atomic E-state index is 0.135. The number of hydrogen-bond donors (Lipinski definition) is 1. The number of H-pyrrole nitrogens is 1. The number of hydrogen-bond acceptors (Lipinski definition) is 7. The zero-order valence-corrected chi connectivity index (χ0v) is 15.0. The molecule has 0 bridgehead atoms. The first-order valence-corrected chi connectivity index (χ1v) is 8.79. The molecule has 0 radical (unpaired) electrons. The van der Waals surface area contributed by atoms with Crippen LogP contribution >= 0.6 is 0 Å². The van der Waals surface area contributed by atoms with E-state index in [0.29, 0.717) is 38.4 Å². The van der Waals surface area contributed by atoms with Gasteiger partial charge in [0.2, 0.25) is 11.8 Å². The fourth-order valence-corrected chi connectivity index (χ4v) is 3.12. The Labute approximate surface area is 155 Å². The summed E-state index contributed by atoms with van der Waals surface area (Å²) in [5.74, 6) is 1.47. The van der Waals surface area contributed by atoms with Gasteiger partial charge < -0.3 is 14.6 Å². The van der Waals surface area contributed by atoms with Crippen LogP contribution in [0.4, 0.5) is 0 Å².